The van der Waals surface area contributed by atoms with E-state index < -0.39 is 0 Å². The van der Waals surface area contributed by atoms with Gasteiger partial charge < -0.3 is 10.1 Å². The first kappa shape index (κ1) is 11.5. The van der Waals surface area contributed by atoms with E-state index >= 15 is 0 Å². The Labute approximate surface area is 95.0 Å². The van der Waals surface area contributed by atoms with E-state index in [2.05, 4.69) is 10.3 Å². The van der Waals surface area contributed by atoms with Crippen molar-refractivity contribution in [2.45, 2.75) is 31.9 Å². The molecule has 0 aliphatic carbocycles. The highest BCUT2D eigenvalue weighted by Crippen LogP contribution is 2.08. The summed E-state index contributed by atoms with van der Waals surface area (Å²) in [4.78, 5) is 3.78. The van der Waals surface area contributed by atoms with Gasteiger partial charge in [0.25, 0.3) is 0 Å². The van der Waals surface area contributed by atoms with Crippen LogP contribution >= 0.6 is 0 Å². The van der Waals surface area contributed by atoms with Crippen molar-refractivity contribution in [3.8, 4) is 0 Å². The highest BCUT2D eigenvalue weighted by atomic mass is 19.1. The topological polar surface area (TPSA) is 34.1 Å². The number of hydrogen-bond acceptors (Lipinski definition) is 3. The first-order valence-corrected chi connectivity index (χ1v) is 5.75. The number of piperidine rings is 1. The summed E-state index contributed by atoms with van der Waals surface area (Å²) in [5, 5.41) is 3.40. The van der Waals surface area contributed by atoms with Gasteiger partial charge in [-0.1, -0.05) is 6.42 Å². The minimum atomic E-state index is -0.308. The van der Waals surface area contributed by atoms with Crippen LogP contribution in [0.5, 0.6) is 0 Å². The summed E-state index contributed by atoms with van der Waals surface area (Å²) >= 11 is 0. The molecule has 16 heavy (non-hydrogen) atoms. The van der Waals surface area contributed by atoms with E-state index in [9.17, 15) is 4.39 Å². The lowest BCUT2D eigenvalue weighted by Crippen LogP contribution is -2.37. The molecule has 2 rings (SSSR count). The van der Waals surface area contributed by atoms with Gasteiger partial charge >= 0.3 is 0 Å². The summed E-state index contributed by atoms with van der Waals surface area (Å²) in [6, 6.07) is 1.91. The summed E-state index contributed by atoms with van der Waals surface area (Å²) < 4.78 is 18.4. The Balaban J connectivity index is 1.71. The van der Waals surface area contributed by atoms with Crippen molar-refractivity contribution in [1.82, 2.24) is 10.3 Å². The molecule has 1 fully saturated rings. The Morgan fingerprint density at radius 1 is 1.44 bits per heavy atom. The van der Waals surface area contributed by atoms with Gasteiger partial charge in [0.05, 0.1) is 19.4 Å². The zero-order chi connectivity index (χ0) is 11.2. The third-order valence-corrected chi connectivity index (χ3v) is 2.76. The lowest BCUT2D eigenvalue weighted by molar-refractivity contribution is 0.0908. The van der Waals surface area contributed by atoms with Crippen LogP contribution in [0.1, 0.15) is 24.8 Å². The number of pyridine rings is 1. The lowest BCUT2D eigenvalue weighted by Gasteiger charge is -2.23. The van der Waals surface area contributed by atoms with E-state index in [4.69, 9.17) is 4.74 Å². The van der Waals surface area contributed by atoms with Crippen LogP contribution in [0, 0.1) is 5.82 Å². The van der Waals surface area contributed by atoms with Gasteiger partial charge in [0.1, 0.15) is 5.82 Å². The number of hydrogen-bond donors (Lipinski definition) is 1. The van der Waals surface area contributed by atoms with Gasteiger partial charge in [-0.25, -0.2) is 4.39 Å². The maximum Gasteiger partial charge on any atom is 0.141 e. The van der Waals surface area contributed by atoms with Crippen molar-refractivity contribution in [3.05, 3.63) is 29.8 Å². The SMILES string of the molecule is Fc1cncc(COCC2CCCCN2)c1. The van der Waals surface area contributed by atoms with E-state index in [1.807, 2.05) is 0 Å². The van der Waals surface area contributed by atoms with Crippen molar-refractivity contribution in [2.24, 2.45) is 0 Å². The van der Waals surface area contributed by atoms with Crippen LogP contribution in [0.25, 0.3) is 0 Å². The fourth-order valence-corrected chi connectivity index (χ4v) is 1.92. The van der Waals surface area contributed by atoms with E-state index in [0.29, 0.717) is 19.3 Å². The van der Waals surface area contributed by atoms with E-state index in [1.165, 1.54) is 31.5 Å². The molecule has 0 aromatic carbocycles. The van der Waals surface area contributed by atoms with Crippen molar-refractivity contribution in [2.75, 3.05) is 13.2 Å². The molecule has 1 atom stereocenters. The summed E-state index contributed by atoms with van der Waals surface area (Å²) in [6.45, 7) is 2.20. The van der Waals surface area contributed by atoms with Crippen LogP contribution < -0.4 is 5.32 Å². The molecule has 1 unspecified atom stereocenters. The van der Waals surface area contributed by atoms with Crippen LogP contribution in [0.2, 0.25) is 0 Å². The van der Waals surface area contributed by atoms with E-state index in [1.54, 1.807) is 6.20 Å². The molecule has 0 bridgehead atoms. The van der Waals surface area contributed by atoms with Crippen molar-refractivity contribution < 1.29 is 9.13 Å². The maximum atomic E-state index is 12.8. The van der Waals surface area contributed by atoms with Gasteiger partial charge in [0.2, 0.25) is 0 Å². The van der Waals surface area contributed by atoms with Gasteiger partial charge in [0.15, 0.2) is 0 Å². The maximum absolute atomic E-state index is 12.8. The molecule has 3 nitrogen and oxygen atoms in total. The minimum Gasteiger partial charge on any atom is -0.375 e. The summed E-state index contributed by atoms with van der Waals surface area (Å²) in [5.41, 5.74) is 0.788. The molecule has 1 N–H and O–H groups in total. The minimum absolute atomic E-state index is 0.308. The van der Waals surface area contributed by atoms with Crippen LogP contribution in [0.4, 0.5) is 4.39 Å². The van der Waals surface area contributed by atoms with Crippen LogP contribution in [0.3, 0.4) is 0 Å². The molecule has 0 saturated carbocycles. The largest absolute Gasteiger partial charge is 0.375 e. The number of nitrogens with zero attached hydrogens (tertiary/aromatic N) is 1. The Kier molecular flexibility index (Phi) is 4.25. The number of aromatic nitrogens is 1. The number of rotatable bonds is 4. The quantitative estimate of drug-likeness (QED) is 0.848. The standard InChI is InChI=1S/C12H17FN2O/c13-11-5-10(6-14-7-11)8-16-9-12-3-1-2-4-15-12/h5-7,12,15H,1-4,8-9H2. The zero-order valence-corrected chi connectivity index (χ0v) is 9.29. The molecule has 0 spiro atoms. The predicted molar refractivity (Wildman–Crippen MR) is 59.5 cm³/mol. The molecular formula is C12H17FN2O. The Morgan fingerprint density at radius 3 is 3.12 bits per heavy atom. The molecule has 1 saturated heterocycles. The normalized spacial score (nSPS) is 20.9. The van der Waals surface area contributed by atoms with Crippen LogP contribution in [-0.4, -0.2) is 24.2 Å². The smallest absolute Gasteiger partial charge is 0.141 e. The first-order valence-electron chi connectivity index (χ1n) is 5.75. The Bertz CT molecular complexity index is 327. The average molecular weight is 224 g/mol. The van der Waals surface area contributed by atoms with Gasteiger partial charge in [0, 0.05) is 12.2 Å². The molecule has 1 aromatic heterocycles. The molecule has 1 aromatic rings. The second-order valence-corrected chi connectivity index (χ2v) is 4.17. The highest BCUT2D eigenvalue weighted by molar-refractivity contribution is 5.08. The number of ether oxygens (including phenoxy) is 1. The van der Waals surface area contributed by atoms with Crippen LogP contribution in [0.15, 0.2) is 18.5 Å². The monoisotopic (exact) mass is 224 g/mol. The number of halogens is 1. The highest BCUT2D eigenvalue weighted by Gasteiger charge is 2.12. The molecule has 2 heterocycles. The fraction of sp³-hybridized carbons (Fsp3) is 0.583. The predicted octanol–water partition coefficient (Wildman–Crippen LogP) is 1.88. The first-order chi connectivity index (χ1) is 7.84. The molecule has 1 aliphatic rings. The molecule has 0 radical (unpaired) electrons. The molecule has 4 heteroatoms. The van der Waals surface area contributed by atoms with E-state index in [0.717, 1.165) is 12.1 Å². The van der Waals surface area contributed by atoms with Crippen LogP contribution in [-0.2, 0) is 11.3 Å². The number of nitrogens with one attached hydrogen (secondary N) is 1. The van der Waals surface area contributed by atoms with Gasteiger partial charge in [-0.05, 0) is 31.0 Å². The summed E-state index contributed by atoms with van der Waals surface area (Å²) in [5.74, 6) is -0.308. The van der Waals surface area contributed by atoms with Crippen molar-refractivity contribution in [1.29, 1.82) is 0 Å². The molecule has 0 amide bonds. The lowest BCUT2D eigenvalue weighted by atomic mass is 10.1. The second kappa shape index (κ2) is 5.92. The third-order valence-electron chi connectivity index (χ3n) is 2.76. The van der Waals surface area contributed by atoms with E-state index in [-0.39, 0.29) is 5.82 Å². The third kappa shape index (κ3) is 3.54. The summed E-state index contributed by atoms with van der Waals surface area (Å²) in [6.07, 6.45) is 6.53. The average Bonchev–Trinajstić information content (AvgIpc) is 2.30. The van der Waals surface area contributed by atoms with Gasteiger partial charge in [-0.2, -0.15) is 0 Å². The molecule has 1 aliphatic heterocycles. The van der Waals surface area contributed by atoms with Crippen molar-refractivity contribution in [3.63, 3.8) is 0 Å². The summed E-state index contributed by atoms with van der Waals surface area (Å²) in [7, 11) is 0. The van der Waals surface area contributed by atoms with Crippen molar-refractivity contribution >= 4 is 0 Å². The Hall–Kier alpha value is -1.00. The fourth-order valence-electron chi connectivity index (χ4n) is 1.92. The second-order valence-electron chi connectivity index (χ2n) is 4.17. The van der Waals surface area contributed by atoms with Gasteiger partial charge in [-0.3, -0.25) is 4.98 Å². The molecule has 88 valence electrons. The van der Waals surface area contributed by atoms with Gasteiger partial charge in [-0.15, -0.1) is 0 Å². The Morgan fingerprint density at radius 2 is 2.38 bits per heavy atom. The zero-order valence-electron chi connectivity index (χ0n) is 9.29. The molecular weight excluding hydrogens is 207 g/mol.